The van der Waals surface area contributed by atoms with Crippen LogP contribution in [0.4, 0.5) is 5.69 Å². The van der Waals surface area contributed by atoms with Gasteiger partial charge >= 0.3 is 0 Å². The van der Waals surface area contributed by atoms with Gasteiger partial charge in [0.25, 0.3) is 0 Å². The van der Waals surface area contributed by atoms with Crippen molar-refractivity contribution in [2.24, 2.45) is 0 Å². The van der Waals surface area contributed by atoms with E-state index in [1.54, 1.807) is 0 Å². The van der Waals surface area contributed by atoms with Crippen LogP contribution in [0.1, 0.15) is 20.3 Å². The first-order valence-corrected chi connectivity index (χ1v) is 6.90. The minimum atomic E-state index is 0.208. The van der Waals surface area contributed by atoms with Crippen molar-refractivity contribution >= 4 is 28.3 Å². The van der Waals surface area contributed by atoms with Crippen molar-refractivity contribution in [2.75, 3.05) is 24.5 Å². The van der Waals surface area contributed by atoms with E-state index >= 15 is 0 Å². The van der Waals surface area contributed by atoms with Gasteiger partial charge in [0.1, 0.15) is 0 Å². The highest BCUT2D eigenvalue weighted by molar-refractivity contribution is 14.1. The Morgan fingerprint density at radius 1 is 1.25 bits per heavy atom. The van der Waals surface area contributed by atoms with Crippen LogP contribution in [0.15, 0.2) is 24.3 Å². The molecule has 88 valence electrons. The third-order valence-corrected chi connectivity index (χ3v) is 3.71. The molecule has 2 rings (SSSR count). The van der Waals surface area contributed by atoms with Gasteiger partial charge in [-0.2, -0.15) is 0 Å². The molecule has 1 N–H and O–H groups in total. The Morgan fingerprint density at radius 3 is 2.62 bits per heavy atom. The van der Waals surface area contributed by atoms with Crippen molar-refractivity contribution in [3.05, 3.63) is 27.8 Å². The smallest absolute Gasteiger partial charge is 0.0367 e. The van der Waals surface area contributed by atoms with Gasteiger partial charge in [0.05, 0.1) is 0 Å². The Bertz CT molecular complexity index is 345. The van der Waals surface area contributed by atoms with Gasteiger partial charge in [-0.1, -0.05) is 0 Å². The number of rotatable bonds is 1. The fraction of sp³-hybridized carbons (Fsp3) is 0.538. The van der Waals surface area contributed by atoms with Crippen LogP contribution in [0, 0.1) is 3.57 Å². The van der Waals surface area contributed by atoms with E-state index in [2.05, 4.69) is 70.9 Å². The molecule has 0 aromatic heterocycles. The number of nitrogens with one attached hydrogen (secondary N) is 1. The Morgan fingerprint density at radius 2 is 1.94 bits per heavy atom. The van der Waals surface area contributed by atoms with Crippen LogP contribution >= 0.6 is 22.6 Å². The molecule has 2 nitrogen and oxygen atoms in total. The summed E-state index contributed by atoms with van der Waals surface area (Å²) >= 11 is 2.35. The number of anilines is 1. The molecule has 16 heavy (non-hydrogen) atoms. The van der Waals surface area contributed by atoms with E-state index < -0.39 is 0 Å². The van der Waals surface area contributed by atoms with Crippen molar-refractivity contribution in [1.82, 2.24) is 5.32 Å². The first-order valence-electron chi connectivity index (χ1n) is 5.82. The molecule has 0 spiro atoms. The average molecular weight is 330 g/mol. The fourth-order valence-corrected chi connectivity index (χ4v) is 2.54. The molecule has 3 heteroatoms. The van der Waals surface area contributed by atoms with Gasteiger partial charge in [-0.15, -0.1) is 0 Å². The maximum atomic E-state index is 3.59. The minimum Gasteiger partial charge on any atom is -0.370 e. The first kappa shape index (κ1) is 12.2. The summed E-state index contributed by atoms with van der Waals surface area (Å²) in [5.74, 6) is 0. The summed E-state index contributed by atoms with van der Waals surface area (Å²) < 4.78 is 1.30. The second kappa shape index (κ2) is 4.92. The molecule has 0 saturated carbocycles. The third kappa shape index (κ3) is 3.10. The molecule has 1 aromatic carbocycles. The van der Waals surface area contributed by atoms with Crippen molar-refractivity contribution in [3.63, 3.8) is 0 Å². The summed E-state index contributed by atoms with van der Waals surface area (Å²) in [6, 6.07) is 8.81. The van der Waals surface area contributed by atoms with Gasteiger partial charge in [-0.05, 0) is 73.7 Å². The molecule has 0 unspecified atom stereocenters. The first-order chi connectivity index (χ1) is 7.57. The SMILES string of the molecule is CC1(C)CN(c2ccc(I)cc2)CCCN1. The molecule has 0 aliphatic carbocycles. The van der Waals surface area contributed by atoms with Crippen molar-refractivity contribution in [3.8, 4) is 0 Å². The van der Waals surface area contributed by atoms with E-state index in [4.69, 9.17) is 0 Å². The summed E-state index contributed by atoms with van der Waals surface area (Å²) in [4.78, 5) is 2.48. The minimum absolute atomic E-state index is 0.208. The van der Waals surface area contributed by atoms with Crippen molar-refractivity contribution in [1.29, 1.82) is 0 Å². The van der Waals surface area contributed by atoms with Gasteiger partial charge < -0.3 is 10.2 Å². The van der Waals surface area contributed by atoms with Gasteiger partial charge in [0.2, 0.25) is 0 Å². The van der Waals surface area contributed by atoms with Crippen LogP contribution in [0.3, 0.4) is 0 Å². The average Bonchev–Trinajstić information content (AvgIpc) is 2.40. The number of benzene rings is 1. The van der Waals surface area contributed by atoms with Crippen LogP contribution in [0.5, 0.6) is 0 Å². The summed E-state index contributed by atoms with van der Waals surface area (Å²) in [5.41, 5.74) is 1.55. The molecule has 1 heterocycles. The standard InChI is InChI=1S/C13H19IN2/c1-13(2)10-16(9-3-8-15-13)12-6-4-11(14)5-7-12/h4-7,15H,3,8-10H2,1-2H3. The Balaban J connectivity index is 2.16. The monoisotopic (exact) mass is 330 g/mol. The highest BCUT2D eigenvalue weighted by atomic mass is 127. The molecule has 0 radical (unpaired) electrons. The molecular weight excluding hydrogens is 311 g/mol. The molecule has 1 aliphatic heterocycles. The van der Waals surface area contributed by atoms with E-state index in [0.717, 1.165) is 19.6 Å². The molecule has 1 aromatic rings. The Hall–Kier alpha value is -0.290. The van der Waals surface area contributed by atoms with E-state index in [9.17, 15) is 0 Å². The van der Waals surface area contributed by atoms with Gasteiger partial charge in [-0.25, -0.2) is 0 Å². The zero-order chi connectivity index (χ0) is 11.6. The lowest BCUT2D eigenvalue weighted by Crippen LogP contribution is -2.46. The molecule has 1 fully saturated rings. The summed E-state index contributed by atoms with van der Waals surface area (Å²) in [6.45, 7) is 7.90. The van der Waals surface area contributed by atoms with Crippen LogP contribution in [-0.2, 0) is 0 Å². The third-order valence-electron chi connectivity index (χ3n) is 2.99. The molecule has 1 aliphatic rings. The van der Waals surface area contributed by atoms with Crippen LogP contribution in [0.2, 0.25) is 0 Å². The van der Waals surface area contributed by atoms with Gasteiger partial charge in [0.15, 0.2) is 0 Å². The number of halogens is 1. The molecule has 0 amide bonds. The number of hydrogen-bond acceptors (Lipinski definition) is 2. The van der Waals surface area contributed by atoms with Crippen molar-refractivity contribution in [2.45, 2.75) is 25.8 Å². The zero-order valence-corrected chi connectivity index (χ0v) is 12.1. The number of hydrogen-bond donors (Lipinski definition) is 1. The molecular formula is C13H19IN2. The highest BCUT2D eigenvalue weighted by Crippen LogP contribution is 2.20. The molecule has 0 bridgehead atoms. The van der Waals surface area contributed by atoms with Crippen molar-refractivity contribution < 1.29 is 0 Å². The summed E-state index contributed by atoms with van der Waals surface area (Å²) in [7, 11) is 0. The lowest BCUT2D eigenvalue weighted by molar-refractivity contribution is 0.416. The fourth-order valence-electron chi connectivity index (χ4n) is 2.18. The maximum Gasteiger partial charge on any atom is 0.0367 e. The molecule has 0 atom stereocenters. The predicted molar refractivity (Wildman–Crippen MR) is 78.1 cm³/mol. The lowest BCUT2D eigenvalue weighted by atomic mass is 10.1. The maximum absolute atomic E-state index is 3.59. The van der Waals surface area contributed by atoms with E-state index in [1.165, 1.54) is 15.7 Å². The second-order valence-electron chi connectivity index (χ2n) is 5.06. The van der Waals surface area contributed by atoms with Crippen LogP contribution in [-0.4, -0.2) is 25.2 Å². The predicted octanol–water partition coefficient (Wildman–Crippen LogP) is 2.87. The Kier molecular flexibility index (Phi) is 3.74. The van der Waals surface area contributed by atoms with Crippen LogP contribution in [0.25, 0.3) is 0 Å². The summed E-state index contributed by atoms with van der Waals surface area (Å²) in [6.07, 6.45) is 1.22. The van der Waals surface area contributed by atoms with E-state index in [0.29, 0.717) is 0 Å². The van der Waals surface area contributed by atoms with E-state index in [-0.39, 0.29) is 5.54 Å². The normalized spacial score (nSPS) is 20.6. The largest absolute Gasteiger partial charge is 0.370 e. The summed E-state index contributed by atoms with van der Waals surface area (Å²) in [5, 5.41) is 3.59. The molecule has 1 saturated heterocycles. The number of nitrogens with zero attached hydrogens (tertiary/aromatic N) is 1. The Labute approximate surface area is 112 Å². The lowest BCUT2D eigenvalue weighted by Gasteiger charge is -2.31. The quantitative estimate of drug-likeness (QED) is 0.797. The van der Waals surface area contributed by atoms with Crippen LogP contribution < -0.4 is 10.2 Å². The zero-order valence-electron chi connectivity index (χ0n) is 9.96. The van der Waals surface area contributed by atoms with E-state index in [1.807, 2.05) is 0 Å². The highest BCUT2D eigenvalue weighted by Gasteiger charge is 2.23. The topological polar surface area (TPSA) is 15.3 Å². The van der Waals surface area contributed by atoms with Gasteiger partial charge in [0, 0.05) is 27.9 Å². The second-order valence-corrected chi connectivity index (χ2v) is 6.31. The van der Waals surface area contributed by atoms with Gasteiger partial charge in [-0.3, -0.25) is 0 Å².